The van der Waals surface area contributed by atoms with Crippen molar-refractivity contribution < 1.29 is 70.6 Å². The maximum absolute atomic E-state index is 12.7. The highest BCUT2D eigenvalue weighted by Gasteiger charge is 2.84. The topological polar surface area (TPSA) is 9.23 Å². The summed E-state index contributed by atoms with van der Waals surface area (Å²) in [5.74, 6) is -22.3. The van der Waals surface area contributed by atoms with E-state index in [1.165, 1.54) is 4.74 Å². The van der Waals surface area contributed by atoms with Gasteiger partial charge in [0, 0.05) is 0 Å². The molecular formula is C7HF15O. The highest BCUT2D eigenvalue weighted by Crippen LogP contribution is 2.55. The highest BCUT2D eigenvalue weighted by atomic mass is 19.4. The molecule has 0 amide bonds. The molecule has 0 radical (unpaired) electrons. The smallest absolute Gasteiger partial charge is 0.262 e. The minimum Gasteiger partial charge on any atom is -0.262 e. The molecule has 0 aromatic heterocycles. The van der Waals surface area contributed by atoms with Gasteiger partial charge in [0.2, 0.25) is 0 Å². The summed E-state index contributed by atoms with van der Waals surface area (Å²) in [7, 11) is 0. The van der Waals surface area contributed by atoms with Crippen molar-refractivity contribution in [3.05, 3.63) is 0 Å². The lowest BCUT2D eigenvalue weighted by Gasteiger charge is -2.37. The first-order chi connectivity index (χ1) is 9.65. The highest BCUT2D eigenvalue weighted by molar-refractivity contribution is 4.97. The summed E-state index contributed by atoms with van der Waals surface area (Å²) in [6.07, 6.45) is -28.2. The molecule has 0 heterocycles. The zero-order valence-corrected chi connectivity index (χ0v) is 9.66. The summed E-state index contributed by atoms with van der Waals surface area (Å²) in [4.78, 5) is 0. The molecule has 0 aromatic carbocycles. The fourth-order valence-corrected chi connectivity index (χ4v) is 0.848. The van der Waals surface area contributed by atoms with Crippen molar-refractivity contribution in [2.24, 2.45) is 0 Å². The van der Waals surface area contributed by atoms with E-state index in [2.05, 4.69) is 0 Å². The second-order valence-electron chi connectivity index (χ2n) is 3.71. The minimum absolute atomic E-state index is 1.24. The van der Waals surface area contributed by atoms with Crippen LogP contribution in [0.15, 0.2) is 0 Å². The molecule has 0 rings (SSSR count). The fourth-order valence-electron chi connectivity index (χ4n) is 0.848. The Morgan fingerprint density at radius 2 is 0.870 bits per heavy atom. The van der Waals surface area contributed by atoms with E-state index in [9.17, 15) is 65.9 Å². The second kappa shape index (κ2) is 5.47. The lowest BCUT2D eigenvalue weighted by Crippen LogP contribution is -2.65. The third kappa shape index (κ3) is 3.40. The van der Waals surface area contributed by atoms with Gasteiger partial charge in [0.1, 0.15) is 0 Å². The van der Waals surface area contributed by atoms with E-state index >= 15 is 0 Å². The maximum atomic E-state index is 12.7. The van der Waals surface area contributed by atoms with Crippen molar-refractivity contribution in [3.63, 3.8) is 0 Å². The maximum Gasteiger partial charge on any atom is 0.458 e. The van der Waals surface area contributed by atoms with Crippen LogP contribution in [0.2, 0.25) is 0 Å². The van der Waals surface area contributed by atoms with Crippen molar-refractivity contribution in [2.45, 2.75) is 42.6 Å². The third-order valence-corrected chi connectivity index (χ3v) is 2.06. The van der Waals surface area contributed by atoms with Crippen LogP contribution in [0.3, 0.4) is 0 Å². The molecular weight excluding hydrogens is 385 g/mol. The van der Waals surface area contributed by atoms with Crippen LogP contribution >= 0.6 is 0 Å². The van der Waals surface area contributed by atoms with Gasteiger partial charge in [0.15, 0.2) is 0 Å². The Morgan fingerprint density at radius 3 is 1.09 bits per heavy atom. The molecule has 0 saturated heterocycles. The molecule has 140 valence electrons. The molecule has 0 N–H and O–H groups in total. The SMILES string of the molecule is FC(F)C(F)(F)C(F)(F)C(F)(F)OC(F)(C(F)(F)F)C(F)(F)F. The van der Waals surface area contributed by atoms with E-state index in [4.69, 9.17) is 0 Å². The van der Waals surface area contributed by atoms with Gasteiger partial charge >= 0.3 is 42.6 Å². The van der Waals surface area contributed by atoms with Crippen molar-refractivity contribution in [1.29, 1.82) is 0 Å². The van der Waals surface area contributed by atoms with Crippen LogP contribution in [0, 0.1) is 0 Å². The quantitative estimate of drug-likeness (QED) is 0.610. The van der Waals surface area contributed by atoms with Gasteiger partial charge in [-0.05, 0) is 0 Å². The van der Waals surface area contributed by atoms with Gasteiger partial charge in [-0.15, -0.1) is 0 Å². The molecule has 0 spiro atoms. The Balaban J connectivity index is 6.04. The van der Waals surface area contributed by atoms with E-state index in [-0.39, 0.29) is 0 Å². The van der Waals surface area contributed by atoms with Crippen LogP contribution in [0.5, 0.6) is 0 Å². The minimum atomic E-state index is -7.62. The largest absolute Gasteiger partial charge is 0.458 e. The zero-order valence-electron chi connectivity index (χ0n) is 9.66. The van der Waals surface area contributed by atoms with Gasteiger partial charge < -0.3 is 0 Å². The summed E-state index contributed by atoms with van der Waals surface area (Å²) < 4.78 is 183. The third-order valence-electron chi connectivity index (χ3n) is 2.06. The van der Waals surface area contributed by atoms with Gasteiger partial charge in [-0.3, -0.25) is 4.74 Å². The molecule has 0 bridgehead atoms. The molecule has 0 atom stereocenters. The summed E-state index contributed by atoms with van der Waals surface area (Å²) in [5, 5.41) is 0. The molecule has 23 heavy (non-hydrogen) atoms. The number of halogens is 15. The summed E-state index contributed by atoms with van der Waals surface area (Å²) in [6, 6.07) is 0. The molecule has 0 fully saturated rings. The molecule has 0 aliphatic heterocycles. The first-order valence-corrected chi connectivity index (χ1v) is 4.59. The molecule has 0 aliphatic rings. The van der Waals surface area contributed by atoms with Crippen LogP contribution < -0.4 is 0 Å². The Labute approximate surface area is 115 Å². The standard InChI is InChI=1S/C7HF15O/c8-1(9)2(10,11)3(12,13)7(21,22)23-4(14,5(15,16)17)6(18,19)20/h1H. The molecule has 0 saturated carbocycles. The Hall–Kier alpha value is -1.09. The first-order valence-electron chi connectivity index (χ1n) is 4.59. The van der Waals surface area contributed by atoms with Crippen LogP contribution in [0.4, 0.5) is 65.9 Å². The fraction of sp³-hybridized carbons (Fsp3) is 1.00. The number of rotatable bonds is 5. The van der Waals surface area contributed by atoms with Crippen LogP contribution in [0.25, 0.3) is 0 Å². The van der Waals surface area contributed by atoms with E-state index < -0.39 is 42.6 Å². The number of ether oxygens (including phenoxy) is 1. The van der Waals surface area contributed by atoms with Crippen molar-refractivity contribution in [2.75, 3.05) is 0 Å². The normalized spacial score (nSPS) is 16.2. The van der Waals surface area contributed by atoms with Gasteiger partial charge in [0.05, 0.1) is 0 Å². The predicted molar refractivity (Wildman–Crippen MR) is 37.9 cm³/mol. The Bertz CT molecular complexity index is 403. The van der Waals surface area contributed by atoms with Gasteiger partial charge in [0.25, 0.3) is 0 Å². The van der Waals surface area contributed by atoms with Crippen LogP contribution in [-0.4, -0.2) is 42.6 Å². The zero-order chi connectivity index (χ0) is 19.3. The Morgan fingerprint density at radius 1 is 0.565 bits per heavy atom. The number of alkyl halides is 15. The first kappa shape index (κ1) is 21.9. The number of hydrogen-bond acceptors (Lipinski definition) is 1. The second-order valence-corrected chi connectivity index (χ2v) is 3.71. The average molecular weight is 386 g/mol. The van der Waals surface area contributed by atoms with E-state index in [0.29, 0.717) is 0 Å². The predicted octanol–water partition coefficient (Wildman–Crippen LogP) is 4.92. The molecule has 16 heteroatoms. The molecule has 0 aliphatic carbocycles. The van der Waals surface area contributed by atoms with Crippen LogP contribution in [-0.2, 0) is 4.74 Å². The van der Waals surface area contributed by atoms with Crippen molar-refractivity contribution in [3.8, 4) is 0 Å². The van der Waals surface area contributed by atoms with Gasteiger partial charge in [-0.2, -0.15) is 57.1 Å². The average Bonchev–Trinajstić information content (AvgIpc) is 2.24. The summed E-state index contributed by atoms with van der Waals surface area (Å²) >= 11 is 0. The van der Waals surface area contributed by atoms with Gasteiger partial charge in [-0.25, -0.2) is 8.78 Å². The van der Waals surface area contributed by atoms with Crippen LogP contribution in [0.1, 0.15) is 0 Å². The molecule has 0 aromatic rings. The monoisotopic (exact) mass is 386 g/mol. The van der Waals surface area contributed by atoms with E-state index in [1.54, 1.807) is 0 Å². The Kier molecular flexibility index (Phi) is 5.22. The summed E-state index contributed by atoms with van der Waals surface area (Å²) in [5.41, 5.74) is 0. The van der Waals surface area contributed by atoms with Gasteiger partial charge in [-0.1, -0.05) is 0 Å². The van der Waals surface area contributed by atoms with E-state index in [0.717, 1.165) is 0 Å². The lowest BCUT2D eigenvalue weighted by molar-refractivity contribution is -0.517. The van der Waals surface area contributed by atoms with E-state index in [1.807, 2.05) is 0 Å². The van der Waals surface area contributed by atoms with Crippen molar-refractivity contribution in [1.82, 2.24) is 0 Å². The summed E-state index contributed by atoms with van der Waals surface area (Å²) in [6.45, 7) is 0. The van der Waals surface area contributed by atoms with Crippen molar-refractivity contribution >= 4 is 0 Å². The lowest BCUT2D eigenvalue weighted by atomic mass is 10.1. The molecule has 0 unspecified atom stereocenters. The molecule has 1 nitrogen and oxygen atoms in total. The number of hydrogen-bond donors (Lipinski definition) is 0.